The van der Waals surface area contributed by atoms with Gasteiger partial charge in [-0.15, -0.1) is 0 Å². The number of hydrogen-bond donors (Lipinski definition) is 1. The number of fused-ring (bicyclic) bond motifs is 1. The average molecular weight is 314 g/mol. The van der Waals surface area contributed by atoms with Crippen molar-refractivity contribution in [3.05, 3.63) is 53.8 Å². The summed E-state index contributed by atoms with van der Waals surface area (Å²) in [6, 6.07) is 11.9. The predicted octanol–water partition coefficient (Wildman–Crippen LogP) is 3.23. The minimum Gasteiger partial charge on any atom is -0.489 e. The Bertz CT molecular complexity index is 701. The summed E-state index contributed by atoms with van der Waals surface area (Å²) in [6.07, 6.45) is 0.930. The number of benzene rings is 2. The van der Waals surface area contributed by atoms with Crippen molar-refractivity contribution in [2.45, 2.75) is 12.8 Å². The first kappa shape index (κ1) is 15.3. The van der Waals surface area contributed by atoms with Gasteiger partial charge in [0.25, 0.3) is 0 Å². The Morgan fingerprint density at radius 3 is 2.83 bits per heavy atom. The van der Waals surface area contributed by atoms with Gasteiger partial charge in [-0.2, -0.15) is 0 Å². The number of likely N-dealkylation sites (N-methyl/N-ethyl adjacent to an activating group) is 1. The van der Waals surface area contributed by atoms with E-state index < -0.39 is 0 Å². The van der Waals surface area contributed by atoms with E-state index >= 15 is 0 Å². The summed E-state index contributed by atoms with van der Waals surface area (Å²) in [4.78, 5) is 14.2. The molecule has 2 aromatic carbocycles. The Kier molecular flexibility index (Phi) is 4.46. The summed E-state index contributed by atoms with van der Waals surface area (Å²) < 4.78 is 18.5. The number of carbonyl (C=O) groups is 1. The third-order valence-corrected chi connectivity index (χ3v) is 3.89. The molecule has 0 fully saturated rings. The first-order valence-corrected chi connectivity index (χ1v) is 7.64. The van der Waals surface area contributed by atoms with E-state index in [4.69, 9.17) is 4.74 Å². The highest BCUT2D eigenvalue weighted by Crippen LogP contribution is 2.33. The molecule has 0 aromatic heterocycles. The number of aryl methyl sites for hydroxylation is 1. The molecule has 23 heavy (non-hydrogen) atoms. The quantitative estimate of drug-likeness (QED) is 0.942. The van der Waals surface area contributed by atoms with Gasteiger partial charge in [0.05, 0.1) is 12.2 Å². The van der Waals surface area contributed by atoms with Crippen LogP contribution in [0, 0.1) is 5.82 Å². The highest BCUT2D eigenvalue weighted by molar-refractivity contribution is 5.91. The molecule has 1 aliphatic rings. The zero-order valence-electron chi connectivity index (χ0n) is 13.0. The Balaban J connectivity index is 1.58. The maximum atomic E-state index is 12.8. The van der Waals surface area contributed by atoms with E-state index in [0.717, 1.165) is 29.2 Å². The van der Waals surface area contributed by atoms with Gasteiger partial charge in [-0.25, -0.2) is 4.39 Å². The van der Waals surface area contributed by atoms with Crippen molar-refractivity contribution in [3.8, 4) is 5.75 Å². The lowest BCUT2D eigenvalue weighted by molar-refractivity contribution is -0.116. The molecule has 0 unspecified atom stereocenters. The van der Waals surface area contributed by atoms with Crippen LogP contribution in [0.4, 0.5) is 15.8 Å². The van der Waals surface area contributed by atoms with E-state index in [1.807, 2.05) is 25.2 Å². The normalized spacial score (nSPS) is 13.2. The van der Waals surface area contributed by atoms with Crippen LogP contribution in [-0.4, -0.2) is 26.1 Å². The zero-order valence-corrected chi connectivity index (χ0v) is 13.0. The Hall–Kier alpha value is -2.56. The molecule has 4 nitrogen and oxygen atoms in total. The third-order valence-electron chi connectivity index (χ3n) is 3.89. The van der Waals surface area contributed by atoms with Crippen molar-refractivity contribution in [1.82, 2.24) is 0 Å². The molecular weight excluding hydrogens is 295 g/mol. The van der Waals surface area contributed by atoms with Gasteiger partial charge < -0.3 is 15.0 Å². The topological polar surface area (TPSA) is 41.6 Å². The fraction of sp³-hybridized carbons (Fsp3) is 0.278. The van der Waals surface area contributed by atoms with Gasteiger partial charge in [-0.3, -0.25) is 4.79 Å². The van der Waals surface area contributed by atoms with E-state index in [0.29, 0.717) is 19.4 Å². The lowest BCUT2D eigenvalue weighted by Gasteiger charge is -2.27. The number of halogens is 1. The van der Waals surface area contributed by atoms with Crippen LogP contribution < -0.4 is 15.0 Å². The van der Waals surface area contributed by atoms with Crippen molar-refractivity contribution in [3.63, 3.8) is 0 Å². The molecule has 5 heteroatoms. The number of anilines is 2. The molecule has 1 heterocycles. The maximum Gasteiger partial charge on any atom is 0.224 e. The van der Waals surface area contributed by atoms with Crippen LogP contribution >= 0.6 is 0 Å². The number of nitrogens with zero attached hydrogens (tertiary/aromatic N) is 1. The summed E-state index contributed by atoms with van der Waals surface area (Å²) in [5.41, 5.74) is 2.70. The van der Waals surface area contributed by atoms with Crippen LogP contribution in [0.15, 0.2) is 42.5 Å². The Labute approximate surface area is 134 Å². The average Bonchev–Trinajstić information content (AvgIpc) is 2.54. The van der Waals surface area contributed by atoms with E-state index in [-0.39, 0.29) is 11.7 Å². The summed E-state index contributed by atoms with van der Waals surface area (Å²) >= 11 is 0. The van der Waals surface area contributed by atoms with Crippen molar-refractivity contribution in [2.75, 3.05) is 30.4 Å². The molecule has 0 spiro atoms. The summed E-state index contributed by atoms with van der Waals surface area (Å²) in [7, 11) is 2.02. The van der Waals surface area contributed by atoms with E-state index in [9.17, 15) is 9.18 Å². The van der Waals surface area contributed by atoms with Gasteiger partial charge in [-0.1, -0.05) is 12.1 Å². The second-order valence-electron chi connectivity index (χ2n) is 5.63. The third kappa shape index (κ3) is 3.80. The molecule has 1 amide bonds. The van der Waals surface area contributed by atoms with Gasteiger partial charge >= 0.3 is 0 Å². The van der Waals surface area contributed by atoms with E-state index in [1.54, 1.807) is 12.1 Å². The largest absolute Gasteiger partial charge is 0.489 e. The molecule has 2 aromatic rings. The SMILES string of the molecule is CN1CCOc2cc(NC(=O)CCc3ccc(F)cc3)ccc21. The molecule has 3 rings (SSSR count). The monoisotopic (exact) mass is 314 g/mol. The second kappa shape index (κ2) is 6.69. The van der Waals surface area contributed by atoms with Gasteiger partial charge in [-0.05, 0) is 36.2 Å². The number of nitrogens with one attached hydrogen (secondary N) is 1. The molecule has 1 aliphatic heterocycles. The van der Waals surface area contributed by atoms with Crippen LogP contribution in [0.3, 0.4) is 0 Å². The van der Waals surface area contributed by atoms with Gasteiger partial charge in [0.2, 0.25) is 5.91 Å². The maximum absolute atomic E-state index is 12.8. The summed E-state index contributed by atoms with van der Waals surface area (Å²) in [5, 5.41) is 2.88. The van der Waals surface area contributed by atoms with Crippen LogP contribution in [0.25, 0.3) is 0 Å². The second-order valence-corrected chi connectivity index (χ2v) is 5.63. The fourth-order valence-electron chi connectivity index (χ4n) is 2.57. The molecule has 0 atom stereocenters. The zero-order chi connectivity index (χ0) is 16.2. The van der Waals surface area contributed by atoms with E-state index in [2.05, 4.69) is 10.2 Å². The summed E-state index contributed by atoms with van der Waals surface area (Å²) in [6.45, 7) is 1.50. The van der Waals surface area contributed by atoms with Crippen molar-refractivity contribution in [2.24, 2.45) is 0 Å². The van der Waals surface area contributed by atoms with Crippen molar-refractivity contribution >= 4 is 17.3 Å². The highest BCUT2D eigenvalue weighted by atomic mass is 19.1. The summed E-state index contributed by atoms with van der Waals surface area (Å²) in [5.74, 6) is 0.450. The standard InChI is InChI=1S/C18H19FN2O2/c1-21-10-11-23-17-12-15(7-8-16(17)21)20-18(22)9-4-13-2-5-14(19)6-3-13/h2-3,5-8,12H,4,9-11H2,1H3,(H,20,22). The van der Waals surface area contributed by atoms with Crippen LogP contribution in [0.5, 0.6) is 5.75 Å². The highest BCUT2D eigenvalue weighted by Gasteiger charge is 2.15. The minimum atomic E-state index is -0.266. The predicted molar refractivity (Wildman–Crippen MR) is 88.6 cm³/mol. The number of carbonyl (C=O) groups excluding carboxylic acids is 1. The smallest absolute Gasteiger partial charge is 0.224 e. The first-order valence-electron chi connectivity index (χ1n) is 7.64. The number of hydrogen-bond acceptors (Lipinski definition) is 3. The lowest BCUT2D eigenvalue weighted by atomic mass is 10.1. The minimum absolute atomic E-state index is 0.0709. The fourth-order valence-corrected chi connectivity index (χ4v) is 2.57. The molecule has 0 radical (unpaired) electrons. The van der Waals surface area contributed by atoms with Gasteiger partial charge in [0.15, 0.2) is 0 Å². The molecule has 1 N–H and O–H groups in total. The molecule has 0 saturated heterocycles. The molecule has 120 valence electrons. The molecule has 0 aliphatic carbocycles. The van der Waals surface area contributed by atoms with Crippen LogP contribution in [0.2, 0.25) is 0 Å². The van der Waals surface area contributed by atoms with Crippen LogP contribution in [-0.2, 0) is 11.2 Å². The molecular formula is C18H19FN2O2. The van der Waals surface area contributed by atoms with Crippen LogP contribution in [0.1, 0.15) is 12.0 Å². The van der Waals surface area contributed by atoms with Crippen molar-refractivity contribution in [1.29, 1.82) is 0 Å². The Morgan fingerprint density at radius 1 is 1.26 bits per heavy atom. The van der Waals surface area contributed by atoms with Crippen molar-refractivity contribution < 1.29 is 13.9 Å². The first-order chi connectivity index (χ1) is 11.1. The molecule has 0 saturated carbocycles. The number of ether oxygens (including phenoxy) is 1. The molecule has 0 bridgehead atoms. The lowest BCUT2D eigenvalue weighted by Crippen LogP contribution is -2.28. The number of amides is 1. The van der Waals surface area contributed by atoms with Gasteiger partial charge in [0.1, 0.15) is 18.2 Å². The van der Waals surface area contributed by atoms with Gasteiger partial charge in [0, 0.05) is 25.2 Å². The Morgan fingerprint density at radius 2 is 2.04 bits per heavy atom. The number of rotatable bonds is 4. The van der Waals surface area contributed by atoms with E-state index in [1.165, 1.54) is 12.1 Å².